The minimum absolute atomic E-state index is 0.0557. The molecule has 0 saturated carbocycles. The van der Waals surface area contributed by atoms with Crippen molar-refractivity contribution in [1.82, 2.24) is 0 Å². The quantitative estimate of drug-likeness (QED) is 0.0264. The van der Waals surface area contributed by atoms with E-state index in [0.29, 0.717) is 6.42 Å². The van der Waals surface area contributed by atoms with Crippen LogP contribution in [0, 0.1) is 0 Å². The van der Waals surface area contributed by atoms with E-state index in [2.05, 4.69) is 74.6 Å². The highest BCUT2D eigenvalue weighted by atomic mass is 31.2. The zero-order valence-electron chi connectivity index (χ0n) is 61.1. The summed E-state index contributed by atoms with van der Waals surface area (Å²) in [4.78, 5) is 35.5. The van der Waals surface area contributed by atoms with Crippen LogP contribution in [0.3, 0.4) is 0 Å². The molecule has 0 saturated heterocycles. The Labute approximate surface area is 571 Å². The van der Waals surface area contributed by atoms with E-state index in [4.69, 9.17) is 24.3 Å². The number of ether oxygens (including phenoxy) is 2. The maximum atomic E-state index is 12.8. The Morgan fingerprint density at radius 3 is 0.891 bits per heavy atom. The van der Waals surface area contributed by atoms with Crippen LogP contribution in [0.25, 0.3) is 0 Å². The molecular weight excluding hydrogens is 1160 g/mol. The molecule has 0 radical (unpaired) electrons. The molecule has 0 amide bonds. The zero-order valence-corrected chi connectivity index (χ0v) is 62.0. The van der Waals surface area contributed by atoms with Crippen LogP contribution in [-0.2, 0) is 32.7 Å². The molecule has 9 nitrogen and oxygen atoms in total. The molecule has 0 aliphatic carbocycles. The molecule has 0 fully saturated rings. The summed E-state index contributed by atoms with van der Waals surface area (Å²) in [5, 5.41) is 0. The average molecular weight is 1310 g/mol. The number of carbonyl (C=O) groups is 2. The van der Waals surface area contributed by atoms with Gasteiger partial charge in [-0.15, -0.1) is 0 Å². The van der Waals surface area contributed by atoms with Crippen LogP contribution < -0.4 is 5.73 Å². The first-order chi connectivity index (χ1) is 45.3. The van der Waals surface area contributed by atoms with Crippen LogP contribution in [0.2, 0.25) is 0 Å². The topological polar surface area (TPSA) is 134 Å². The van der Waals surface area contributed by atoms with E-state index < -0.39 is 26.5 Å². The molecule has 0 aromatic rings. The second-order valence-corrected chi connectivity index (χ2v) is 28.7. The van der Waals surface area contributed by atoms with Gasteiger partial charge in [-0.3, -0.25) is 18.6 Å². The van der Waals surface area contributed by atoms with Gasteiger partial charge in [-0.05, 0) is 57.8 Å². The molecular formula is C82H154NO8P. The van der Waals surface area contributed by atoms with E-state index in [-0.39, 0.29) is 38.6 Å². The van der Waals surface area contributed by atoms with Crippen LogP contribution in [0.5, 0.6) is 0 Å². The number of allylic oxidation sites excluding steroid dienone is 10. The summed E-state index contributed by atoms with van der Waals surface area (Å²) in [6, 6.07) is 0. The Kier molecular flexibility index (Phi) is 75.8. The SMILES string of the molecule is CC/C=C\C/C=C\C/C=C\C/C=C\C/C=C\CCCCCCCCCCCCCCCCCCCCCCCC(=O)OC(COC(=O)CCCCCCCCCCCCCCCCCCCCCCCCCCCCCCCCCCCC)COP(=O)(O)OCCN. The number of esters is 2. The molecule has 3 N–H and O–H groups in total. The minimum Gasteiger partial charge on any atom is -0.462 e. The molecule has 0 aliphatic heterocycles. The first-order valence-corrected chi connectivity index (χ1v) is 41.8. The van der Waals surface area contributed by atoms with Crippen LogP contribution >= 0.6 is 7.82 Å². The highest BCUT2D eigenvalue weighted by Gasteiger charge is 2.26. The Hall–Kier alpha value is -2.29. The van der Waals surface area contributed by atoms with Gasteiger partial charge < -0.3 is 20.1 Å². The Morgan fingerprint density at radius 1 is 0.337 bits per heavy atom. The van der Waals surface area contributed by atoms with Crippen LogP contribution in [-0.4, -0.2) is 49.3 Å². The molecule has 10 heteroatoms. The third-order valence-corrected chi connectivity index (χ3v) is 19.2. The Bertz CT molecular complexity index is 1700. The van der Waals surface area contributed by atoms with Gasteiger partial charge in [0.1, 0.15) is 6.61 Å². The lowest BCUT2D eigenvalue weighted by Crippen LogP contribution is -2.29. The summed E-state index contributed by atoms with van der Waals surface area (Å²) in [5.74, 6) is -0.802. The largest absolute Gasteiger partial charge is 0.472 e. The van der Waals surface area contributed by atoms with Crippen LogP contribution in [0.15, 0.2) is 60.8 Å². The van der Waals surface area contributed by atoms with E-state index in [1.54, 1.807) is 0 Å². The number of carbonyl (C=O) groups excluding carboxylic acids is 2. The molecule has 92 heavy (non-hydrogen) atoms. The second kappa shape index (κ2) is 77.7. The molecule has 0 bridgehead atoms. The molecule has 540 valence electrons. The van der Waals surface area contributed by atoms with Crippen molar-refractivity contribution >= 4 is 19.8 Å². The van der Waals surface area contributed by atoms with E-state index in [1.165, 1.54) is 321 Å². The number of rotatable bonds is 77. The summed E-state index contributed by atoms with van der Waals surface area (Å²) in [6.45, 7) is 3.71. The third-order valence-electron chi connectivity index (χ3n) is 18.2. The maximum absolute atomic E-state index is 12.8. The molecule has 0 spiro atoms. The third kappa shape index (κ3) is 76.7. The van der Waals surface area contributed by atoms with E-state index in [0.717, 1.165) is 64.2 Å². The summed E-state index contributed by atoms with van der Waals surface area (Å²) in [6.07, 6.45) is 102. The van der Waals surface area contributed by atoms with Crippen molar-refractivity contribution < 1.29 is 37.6 Å². The smallest absolute Gasteiger partial charge is 0.462 e. The molecule has 0 aromatic heterocycles. The number of hydrogen-bond acceptors (Lipinski definition) is 8. The van der Waals surface area contributed by atoms with Crippen molar-refractivity contribution in [1.29, 1.82) is 0 Å². The van der Waals surface area contributed by atoms with Gasteiger partial charge in [0.15, 0.2) is 6.10 Å². The molecule has 0 aromatic carbocycles. The van der Waals surface area contributed by atoms with Gasteiger partial charge in [0, 0.05) is 19.4 Å². The van der Waals surface area contributed by atoms with E-state index in [1.807, 2.05) is 0 Å². The summed E-state index contributed by atoms with van der Waals surface area (Å²) < 4.78 is 33.3. The van der Waals surface area contributed by atoms with Gasteiger partial charge in [0.05, 0.1) is 13.2 Å². The molecule has 2 unspecified atom stereocenters. The van der Waals surface area contributed by atoms with E-state index in [9.17, 15) is 19.0 Å². The van der Waals surface area contributed by atoms with Crippen molar-refractivity contribution in [2.75, 3.05) is 26.4 Å². The lowest BCUT2D eigenvalue weighted by atomic mass is 10.0. The van der Waals surface area contributed by atoms with Gasteiger partial charge in [-0.25, -0.2) is 4.57 Å². The second-order valence-electron chi connectivity index (χ2n) is 27.3. The van der Waals surface area contributed by atoms with Crippen molar-refractivity contribution in [3.05, 3.63) is 60.8 Å². The lowest BCUT2D eigenvalue weighted by Gasteiger charge is -2.19. The van der Waals surface area contributed by atoms with Crippen LogP contribution in [0.1, 0.15) is 418 Å². The average Bonchev–Trinajstić information content (AvgIpc) is 3.01. The fourth-order valence-electron chi connectivity index (χ4n) is 12.3. The normalized spacial score (nSPS) is 13.1. The fraction of sp³-hybridized carbons (Fsp3) is 0.854. The van der Waals surface area contributed by atoms with Gasteiger partial charge in [-0.2, -0.15) is 0 Å². The predicted octanol–water partition coefficient (Wildman–Crippen LogP) is 26.9. The van der Waals surface area contributed by atoms with Gasteiger partial charge in [0.2, 0.25) is 0 Å². The van der Waals surface area contributed by atoms with Gasteiger partial charge in [-0.1, -0.05) is 408 Å². The zero-order chi connectivity index (χ0) is 66.5. The predicted molar refractivity (Wildman–Crippen MR) is 400 cm³/mol. The number of phosphoric acid groups is 1. The van der Waals surface area contributed by atoms with Gasteiger partial charge >= 0.3 is 19.8 Å². The monoisotopic (exact) mass is 1310 g/mol. The summed E-state index contributed by atoms with van der Waals surface area (Å²) in [5.41, 5.74) is 5.42. The molecule has 0 rings (SSSR count). The van der Waals surface area contributed by atoms with Crippen molar-refractivity contribution in [2.45, 2.75) is 424 Å². The number of phosphoric ester groups is 1. The lowest BCUT2D eigenvalue weighted by molar-refractivity contribution is -0.161. The number of nitrogens with two attached hydrogens (primary N) is 1. The molecule has 0 aliphatic rings. The van der Waals surface area contributed by atoms with Crippen molar-refractivity contribution in [3.8, 4) is 0 Å². The standard InChI is InChI=1S/C82H154NO8P/c1-3-5-7-9-11-13-15-17-19-21-23-25-27-29-31-33-35-37-39-40-41-43-45-47-49-51-53-55-57-59-61-63-65-67-69-71-73-75-82(85)91-80(79-90-92(86,87)89-77-76-83)78-88-81(84)74-72-70-68-66-64-62-60-58-56-54-52-50-48-46-44-42-38-36-34-32-30-28-26-24-22-20-18-16-14-12-10-8-6-4-2/h5,7,11,13,17,19,23,25,29,31,80H,3-4,6,8-10,12,14-16,18,20-22,24,26-28,30,32-79,83H2,1-2H3,(H,86,87)/b7-5-,13-11-,19-17-,25-23-,31-29-. The Morgan fingerprint density at radius 2 is 0.598 bits per heavy atom. The minimum atomic E-state index is -4.39. The first-order valence-electron chi connectivity index (χ1n) is 40.3. The molecule has 0 heterocycles. The maximum Gasteiger partial charge on any atom is 0.472 e. The summed E-state index contributed by atoms with van der Waals surface area (Å²) in [7, 11) is -4.39. The first kappa shape index (κ1) is 89.7. The van der Waals surface area contributed by atoms with E-state index >= 15 is 0 Å². The fourth-order valence-corrected chi connectivity index (χ4v) is 13.0. The number of unbranched alkanes of at least 4 members (excludes halogenated alkanes) is 54. The summed E-state index contributed by atoms with van der Waals surface area (Å²) >= 11 is 0. The van der Waals surface area contributed by atoms with Gasteiger partial charge in [0.25, 0.3) is 0 Å². The highest BCUT2D eigenvalue weighted by Crippen LogP contribution is 2.43. The number of hydrogen-bond donors (Lipinski definition) is 2. The highest BCUT2D eigenvalue weighted by molar-refractivity contribution is 7.47. The van der Waals surface area contributed by atoms with Crippen LogP contribution in [0.4, 0.5) is 0 Å². The molecule has 2 atom stereocenters. The van der Waals surface area contributed by atoms with Crippen molar-refractivity contribution in [2.24, 2.45) is 5.73 Å². The Balaban J connectivity index is 3.75. The van der Waals surface area contributed by atoms with Crippen molar-refractivity contribution in [3.63, 3.8) is 0 Å².